The Hall–Kier alpha value is -2.64. The third-order valence-corrected chi connectivity index (χ3v) is 4.92. The first kappa shape index (κ1) is 20.1. The molecule has 1 aromatic heterocycles. The number of nitrogens with two attached hydrogens (primary N) is 1. The van der Waals surface area contributed by atoms with Crippen LogP contribution in [0.1, 0.15) is 32.7 Å². The van der Waals surface area contributed by atoms with E-state index >= 15 is 0 Å². The van der Waals surface area contributed by atoms with Crippen LogP contribution in [0.5, 0.6) is 5.75 Å². The van der Waals surface area contributed by atoms with Crippen molar-refractivity contribution in [2.75, 3.05) is 26.2 Å². The number of ether oxygens (including phenoxy) is 1. The number of hydrogen-bond acceptors (Lipinski definition) is 5. The summed E-state index contributed by atoms with van der Waals surface area (Å²) in [4.78, 5) is 29.9. The van der Waals surface area contributed by atoms with E-state index in [4.69, 9.17) is 27.2 Å². The van der Waals surface area contributed by atoms with Crippen molar-refractivity contribution in [2.24, 2.45) is 11.7 Å². The number of aromatic nitrogens is 1. The lowest BCUT2D eigenvalue weighted by Gasteiger charge is -2.19. The fourth-order valence-electron chi connectivity index (χ4n) is 3.37. The molecule has 3 rings (SSSR count). The summed E-state index contributed by atoms with van der Waals surface area (Å²) in [6.07, 6.45) is 4.51. The Balaban J connectivity index is 1.68. The average molecular weight is 404 g/mol. The second-order valence-electron chi connectivity index (χ2n) is 6.77. The minimum Gasteiger partial charge on any atom is -0.491 e. The van der Waals surface area contributed by atoms with E-state index < -0.39 is 5.97 Å². The summed E-state index contributed by atoms with van der Waals surface area (Å²) in [7, 11) is 0. The van der Waals surface area contributed by atoms with Gasteiger partial charge in [0.05, 0.1) is 11.1 Å². The molecule has 0 bridgehead atoms. The number of hydrogen-bond donors (Lipinski definition) is 2. The lowest BCUT2D eigenvalue weighted by Crippen LogP contribution is -2.29. The van der Waals surface area contributed by atoms with Gasteiger partial charge in [-0.1, -0.05) is 11.6 Å². The summed E-state index contributed by atoms with van der Waals surface area (Å²) >= 11 is 6.07. The summed E-state index contributed by atoms with van der Waals surface area (Å²) in [6, 6.07) is 6.61. The monoisotopic (exact) mass is 403 g/mol. The van der Waals surface area contributed by atoms with Gasteiger partial charge in [-0.3, -0.25) is 9.78 Å². The van der Waals surface area contributed by atoms with Crippen molar-refractivity contribution in [3.05, 3.63) is 58.4 Å². The molecule has 7 nitrogen and oxygen atoms in total. The van der Waals surface area contributed by atoms with Crippen LogP contribution < -0.4 is 10.5 Å². The van der Waals surface area contributed by atoms with Gasteiger partial charge < -0.3 is 20.5 Å². The fourth-order valence-corrected chi connectivity index (χ4v) is 3.54. The van der Waals surface area contributed by atoms with Crippen molar-refractivity contribution in [3.63, 3.8) is 0 Å². The summed E-state index contributed by atoms with van der Waals surface area (Å²) in [5.74, 6) is -0.415. The first-order valence-electron chi connectivity index (χ1n) is 9.07. The molecule has 1 aliphatic heterocycles. The van der Waals surface area contributed by atoms with Crippen LogP contribution in [-0.2, 0) is 6.42 Å². The number of amides is 1. The summed E-state index contributed by atoms with van der Waals surface area (Å²) in [6.45, 7) is 1.88. The number of likely N-dealkylation sites (tertiary alicyclic amines) is 1. The molecule has 1 amide bonds. The second kappa shape index (κ2) is 9.03. The van der Waals surface area contributed by atoms with Gasteiger partial charge >= 0.3 is 5.97 Å². The third kappa shape index (κ3) is 4.79. The number of rotatable bonds is 7. The number of aromatic carboxylic acids is 1. The Labute approximate surface area is 168 Å². The van der Waals surface area contributed by atoms with E-state index in [1.807, 2.05) is 0 Å². The minimum atomic E-state index is -0.997. The molecule has 0 saturated carbocycles. The largest absolute Gasteiger partial charge is 0.491 e. The molecule has 0 aliphatic carbocycles. The first-order chi connectivity index (χ1) is 13.5. The number of nitrogens with zero attached hydrogens (tertiary/aromatic N) is 2. The number of carboxylic acids is 1. The van der Waals surface area contributed by atoms with Crippen LogP contribution in [-0.4, -0.2) is 53.1 Å². The zero-order valence-corrected chi connectivity index (χ0v) is 16.1. The quantitative estimate of drug-likeness (QED) is 0.735. The van der Waals surface area contributed by atoms with Gasteiger partial charge in [-0.25, -0.2) is 4.79 Å². The van der Waals surface area contributed by atoms with E-state index in [-0.39, 0.29) is 17.4 Å². The molecule has 1 atom stereocenters. The van der Waals surface area contributed by atoms with E-state index in [0.29, 0.717) is 49.0 Å². The fraction of sp³-hybridized carbons (Fsp3) is 0.350. The van der Waals surface area contributed by atoms with Crippen LogP contribution in [0.4, 0.5) is 0 Å². The zero-order valence-electron chi connectivity index (χ0n) is 15.3. The number of pyridine rings is 1. The Kier molecular flexibility index (Phi) is 6.49. The van der Waals surface area contributed by atoms with Crippen molar-refractivity contribution in [2.45, 2.75) is 12.8 Å². The minimum absolute atomic E-state index is 0.130. The summed E-state index contributed by atoms with van der Waals surface area (Å²) in [5.41, 5.74) is 6.94. The van der Waals surface area contributed by atoms with Crippen molar-refractivity contribution >= 4 is 23.5 Å². The molecule has 1 saturated heterocycles. The molecule has 2 heterocycles. The standard InChI is InChI=1S/C20H22ClN3O4/c21-16-1-2-18(28-6-4-22)17(9-16)19(25)24-5-3-13(12-24)7-14-8-15(20(26)27)11-23-10-14/h1-2,8-11,13H,3-7,12,22H2,(H,26,27). The van der Waals surface area contributed by atoms with Gasteiger partial charge in [0.1, 0.15) is 12.4 Å². The smallest absolute Gasteiger partial charge is 0.337 e. The maximum Gasteiger partial charge on any atom is 0.337 e. The molecule has 1 aliphatic rings. The maximum absolute atomic E-state index is 13.0. The number of halogens is 1. The molecular formula is C20H22ClN3O4. The Morgan fingerprint density at radius 3 is 2.89 bits per heavy atom. The Bertz CT molecular complexity index is 874. The van der Waals surface area contributed by atoms with E-state index in [1.54, 1.807) is 35.4 Å². The van der Waals surface area contributed by atoms with Crippen LogP contribution in [0.25, 0.3) is 0 Å². The second-order valence-corrected chi connectivity index (χ2v) is 7.21. The molecule has 1 aromatic carbocycles. The van der Waals surface area contributed by atoms with Crippen molar-refractivity contribution in [1.29, 1.82) is 0 Å². The molecule has 28 heavy (non-hydrogen) atoms. The molecule has 0 spiro atoms. The van der Waals surface area contributed by atoms with Gasteiger partial charge in [0.2, 0.25) is 0 Å². The van der Waals surface area contributed by atoms with Crippen LogP contribution in [0.15, 0.2) is 36.7 Å². The number of carboxylic acid groups (broad SMARTS) is 1. The molecule has 0 radical (unpaired) electrons. The number of carbonyl (C=O) groups is 2. The summed E-state index contributed by atoms with van der Waals surface area (Å²) in [5, 5.41) is 9.57. The van der Waals surface area contributed by atoms with Gasteiger partial charge in [0, 0.05) is 37.1 Å². The highest BCUT2D eigenvalue weighted by Gasteiger charge is 2.29. The predicted octanol–water partition coefficient (Wildman–Crippen LogP) is 2.48. The SMILES string of the molecule is NCCOc1ccc(Cl)cc1C(=O)N1CCC(Cc2cncc(C(=O)O)c2)C1. The lowest BCUT2D eigenvalue weighted by molar-refractivity contribution is 0.0695. The zero-order chi connectivity index (χ0) is 20.1. The molecule has 2 aromatic rings. The van der Waals surface area contributed by atoms with Crippen LogP contribution in [0.3, 0.4) is 0 Å². The van der Waals surface area contributed by atoms with E-state index in [0.717, 1.165) is 12.0 Å². The number of benzene rings is 1. The molecule has 1 fully saturated rings. The van der Waals surface area contributed by atoms with E-state index in [9.17, 15) is 9.59 Å². The van der Waals surface area contributed by atoms with Gasteiger partial charge in [-0.2, -0.15) is 0 Å². The Morgan fingerprint density at radius 2 is 2.14 bits per heavy atom. The normalized spacial score (nSPS) is 16.2. The average Bonchev–Trinajstić information content (AvgIpc) is 3.15. The van der Waals surface area contributed by atoms with Crippen molar-refractivity contribution < 1.29 is 19.4 Å². The number of carbonyl (C=O) groups excluding carboxylic acids is 1. The van der Waals surface area contributed by atoms with E-state index in [2.05, 4.69) is 4.98 Å². The van der Waals surface area contributed by atoms with E-state index in [1.165, 1.54) is 6.20 Å². The van der Waals surface area contributed by atoms with Gasteiger partial charge in [0.15, 0.2) is 0 Å². The van der Waals surface area contributed by atoms with Crippen LogP contribution in [0, 0.1) is 5.92 Å². The lowest BCUT2D eigenvalue weighted by atomic mass is 9.99. The molecular weight excluding hydrogens is 382 g/mol. The van der Waals surface area contributed by atoms with Crippen molar-refractivity contribution in [1.82, 2.24) is 9.88 Å². The summed E-state index contributed by atoms with van der Waals surface area (Å²) < 4.78 is 5.59. The molecule has 8 heteroatoms. The van der Waals surface area contributed by atoms with Crippen molar-refractivity contribution in [3.8, 4) is 5.75 Å². The van der Waals surface area contributed by atoms with Crippen LogP contribution >= 0.6 is 11.6 Å². The Morgan fingerprint density at radius 1 is 1.32 bits per heavy atom. The third-order valence-electron chi connectivity index (χ3n) is 4.69. The molecule has 148 valence electrons. The molecule has 1 unspecified atom stereocenters. The highest BCUT2D eigenvalue weighted by molar-refractivity contribution is 6.31. The highest BCUT2D eigenvalue weighted by atomic mass is 35.5. The van der Waals surface area contributed by atoms with Gasteiger partial charge in [-0.15, -0.1) is 0 Å². The van der Waals surface area contributed by atoms with Crippen LogP contribution in [0.2, 0.25) is 5.02 Å². The highest BCUT2D eigenvalue weighted by Crippen LogP contribution is 2.28. The topological polar surface area (TPSA) is 106 Å². The van der Waals surface area contributed by atoms with Gasteiger partial charge in [0.25, 0.3) is 5.91 Å². The first-order valence-corrected chi connectivity index (χ1v) is 9.44. The van der Waals surface area contributed by atoms with Gasteiger partial charge in [-0.05, 0) is 48.6 Å². The molecule has 3 N–H and O–H groups in total. The maximum atomic E-state index is 13.0. The predicted molar refractivity (Wildman–Crippen MR) is 105 cm³/mol.